The highest BCUT2D eigenvalue weighted by molar-refractivity contribution is 5.75. The Morgan fingerprint density at radius 1 is 1.53 bits per heavy atom. The molecule has 0 fully saturated rings. The van der Waals surface area contributed by atoms with E-state index in [-0.39, 0.29) is 6.42 Å². The Hall–Kier alpha value is -2.37. The number of imidazole rings is 1. The lowest BCUT2D eigenvalue weighted by molar-refractivity contribution is -0.138. The molecule has 0 amide bonds. The predicted molar refractivity (Wildman–Crippen MR) is 61.3 cm³/mol. The van der Waals surface area contributed by atoms with Gasteiger partial charge in [-0.05, 0) is 12.1 Å². The first-order chi connectivity index (χ1) is 8.16. The molecular formula is C11H12N4O2. The first kappa shape index (κ1) is 11.1. The molecule has 2 rings (SSSR count). The summed E-state index contributed by atoms with van der Waals surface area (Å²) in [6.07, 6.45) is 3.30. The van der Waals surface area contributed by atoms with Crippen molar-refractivity contribution in [3.8, 4) is 0 Å². The number of H-pyrrole nitrogens is 1. The SMILES string of the molecule is Nc1cccc(CC(C(=O)O)c2c[nH]cn2)n1. The molecule has 0 aromatic carbocycles. The van der Waals surface area contributed by atoms with E-state index in [1.165, 1.54) is 6.33 Å². The zero-order valence-electron chi connectivity index (χ0n) is 9.00. The molecule has 1 atom stereocenters. The van der Waals surface area contributed by atoms with Gasteiger partial charge in [0, 0.05) is 18.3 Å². The number of hydrogen-bond donors (Lipinski definition) is 3. The molecule has 2 aromatic rings. The summed E-state index contributed by atoms with van der Waals surface area (Å²) in [5, 5.41) is 9.16. The first-order valence-corrected chi connectivity index (χ1v) is 5.09. The molecule has 0 aliphatic carbocycles. The average Bonchev–Trinajstić information content (AvgIpc) is 2.78. The minimum absolute atomic E-state index is 0.269. The van der Waals surface area contributed by atoms with Crippen molar-refractivity contribution in [1.82, 2.24) is 15.0 Å². The number of hydrogen-bond acceptors (Lipinski definition) is 4. The molecule has 6 nitrogen and oxygen atoms in total. The van der Waals surface area contributed by atoms with Gasteiger partial charge in [0.25, 0.3) is 0 Å². The third-order valence-corrected chi connectivity index (χ3v) is 2.42. The third kappa shape index (κ3) is 2.60. The maximum atomic E-state index is 11.2. The minimum atomic E-state index is -0.929. The molecule has 2 heterocycles. The van der Waals surface area contributed by atoms with Gasteiger partial charge in [-0.15, -0.1) is 0 Å². The van der Waals surface area contributed by atoms with Gasteiger partial charge >= 0.3 is 5.97 Å². The second-order valence-electron chi connectivity index (χ2n) is 3.64. The summed E-state index contributed by atoms with van der Waals surface area (Å²) in [5.74, 6) is -1.26. The van der Waals surface area contributed by atoms with Crippen LogP contribution < -0.4 is 5.73 Å². The normalized spacial score (nSPS) is 12.2. The number of carbonyl (C=O) groups is 1. The van der Waals surface area contributed by atoms with E-state index in [0.717, 1.165) is 0 Å². The van der Waals surface area contributed by atoms with Gasteiger partial charge in [0.15, 0.2) is 0 Å². The monoisotopic (exact) mass is 232 g/mol. The molecule has 0 saturated heterocycles. The van der Waals surface area contributed by atoms with Crippen LogP contribution in [0.5, 0.6) is 0 Å². The van der Waals surface area contributed by atoms with Crippen molar-refractivity contribution in [2.75, 3.05) is 5.73 Å². The zero-order chi connectivity index (χ0) is 12.3. The van der Waals surface area contributed by atoms with Crippen LogP contribution in [0, 0.1) is 0 Å². The molecule has 2 aromatic heterocycles. The number of nitrogens with zero attached hydrogens (tertiary/aromatic N) is 2. The molecule has 0 aliphatic heterocycles. The smallest absolute Gasteiger partial charge is 0.313 e. The highest BCUT2D eigenvalue weighted by Gasteiger charge is 2.22. The number of aromatic nitrogens is 3. The summed E-state index contributed by atoms with van der Waals surface area (Å²) in [5.41, 5.74) is 6.68. The molecule has 0 saturated carbocycles. The molecule has 0 aliphatic rings. The number of rotatable bonds is 4. The summed E-state index contributed by atoms with van der Waals surface area (Å²) >= 11 is 0. The number of carboxylic acids is 1. The number of aliphatic carboxylic acids is 1. The standard InChI is InChI=1S/C11H12N4O2/c12-10-3-1-2-7(15-10)4-8(11(16)17)9-5-13-6-14-9/h1-3,5-6,8H,4H2,(H2,12,15)(H,13,14)(H,16,17). The zero-order valence-corrected chi connectivity index (χ0v) is 9.00. The van der Waals surface area contributed by atoms with Crippen LogP contribution in [-0.4, -0.2) is 26.0 Å². The predicted octanol–water partition coefficient (Wildman–Crippen LogP) is 0.798. The maximum absolute atomic E-state index is 11.2. The molecule has 6 heteroatoms. The van der Waals surface area contributed by atoms with Crippen molar-refractivity contribution in [2.24, 2.45) is 0 Å². The minimum Gasteiger partial charge on any atom is -0.481 e. The van der Waals surface area contributed by atoms with Crippen LogP contribution in [0.2, 0.25) is 0 Å². The van der Waals surface area contributed by atoms with Crippen molar-refractivity contribution in [3.05, 3.63) is 42.1 Å². The molecule has 0 spiro atoms. The lowest BCUT2D eigenvalue weighted by Crippen LogP contribution is -2.15. The largest absolute Gasteiger partial charge is 0.481 e. The fourth-order valence-electron chi connectivity index (χ4n) is 1.60. The fraction of sp³-hybridized carbons (Fsp3) is 0.182. The van der Waals surface area contributed by atoms with E-state index in [9.17, 15) is 4.79 Å². The number of aromatic amines is 1. The van der Waals surface area contributed by atoms with E-state index in [0.29, 0.717) is 17.2 Å². The fourth-order valence-corrected chi connectivity index (χ4v) is 1.60. The number of nitrogens with one attached hydrogen (secondary N) is 1. The maximum Gasteiger partial charge on any atom is 0.313 e. The van der Waals surface area contributed by atoms with Crippen LogP contribution in [0.1, 0.15) is 17.3 Å². The lowest BCUT2D eigenvalue weighted by Gasteiger charge is -2.09. The van der Waals surface area contributed by atoms with Crippen molar-refractivity contribution < 1.29 is 9.90 Å². The van der Waals surface area contributed by atoms with Crippen LogP contribution in [0.15, 0.2) is 30.7 Å². The van der Waals surface area contributed by atoms with E-state index in [2.05, 4.69) is 15.0 Å². The van der Waals surface area contributed by atoms with Gasteiger partial charge in [-0.2, -0.15) is 0 Å². The van der Waals surface area contributed by atoms with Gasteiger partial charge < -0.3 is 15.8 Å². The quantitative estimate of drug-likeness (QED) is 0.723. The van der Waals surface area contributed by atoms with Crippen molar-refractivity contribution in [3.63, 3.8) is 0 Å². The summed E-state index contributed by atoms with van der Waals surface area (Å²) in [6, 6.07) is 5.16. The number of nitrogens with two attached hydrogens (primary N) is 1. The van der Waals surface area contributed by atoms with E-state index in [4.69, 9.17) is 10.8 Å². The average molecular weight is 232 g/mol. The number of carboxylic acid groups (broad SMARTS) is 1. The molecule has 1 unspecified atom stereocenters. The summed E-state index contributed by atoms with van der Waals surface area (Å²) in [6.45, 7) is 0. The molecular weight excluding hydrogens is 220 g/mol. The van der Waals surface area contributed by atoms with Crippen molar-refractivity contribution >= 4 is 11.8 Å². The Bertz CT molecular complexity index is 510. The van der Waals surface area contributed by atoms with Gasteiger partial charge in [0.2, 0.25) is 0 Å². The van der Waals surface area contributed by atoms with Gasteiger partial charge in [0.1, 0.15) is 11.7 Å². The Morgan fingerprint density at radius 3 is 2.94 bits per heavy atom. The van der Waals surface area contributed by atoms with Crippen LogP contribution in [0.4, 0.5) is 5.82 Å². The highest BCUT2D eigenvalue weighted by Crippen LogP contribution is 2.18. The summed E-state index contributed by atoms with van der Waals surface area (Å²) < 4.78 is 0. The van der Waals surface area contributed by atoms with E-state index in [1.807, 2.05) is 0 Å². The number of pyridine rings is 1. The number of anilines is 1. The van der Waals surface area contributed by atoms with Crippen LogP contribution in [0.25, 0.3) is 0 Å². The lowest BCUT2D eigenvalue weighted by atomic mass is 10.00. The van der Waals surface area contributed by atoms with E-state index < -0.39 is 11.9 Å². The second-order valence-corrected chi connectivity index (χ2v) is 3.64. The van der Waals surface area contributed by atoms with Gasteiger partial charge in [-0.25, -0.2) is 9.97 Å². The Labute approximate surface area is 97.5 Å². The van der Waals surface area contributed by atoms with Crippen LogP contribution >= 0.6 is 0 Å². The highest BCUT2D eigenvalue weighted by atomic mass is 16.4. The van der Waals surface area contributed by atoms with E-state index >= 15 is 0 Å². The molecule has 4 N–H and O–H groups in total. The molecule has 17 heavy (non-hydrogen) atoms. The van der Waals surface area contributed by atoms with Crippen LogP contribution in [-0.2, 0) is 11.2 Å². The van der Waals surface area contributed by atoms with Crippen molar-refractivity contribution in [1.29, 1.82) is 0 Å². The topological polar surface area (TPSA) is 105 Å². The second kappa shape index (κ2) is 4.65. The van der Waals surface area contributed by atoms with Crippen molar-refractivity contribution in [2.45, 2.75) is 12.3 Å². The summed E-state index contributed by atoms with van der Waals surface area (Å²) in [7, 11) is 0. The van der Waals surface area contributed by atoms with E-state index in [1.54, 1.807) is 24.4 Å². The molecule has 0 bridgehead atoms. The Kier molecular flexibility index (Phi) is 3.04. The Morgan fingerprint density at radius 2 is 2.35 bits per heavy atom. The van der Waals surface area contributed by atoms with Gasteiger partial charge in [-0.1, -0.05) is 6.07 Å². The molecule has 0 radical (unpaired) electrons. The molecule has 88 valence electrons. The number of nitrogen functional groups attached to an aromatic ring is 1. The summed E-state index contributed by atoms with van der Waals surface area (Å²) in [4.78, 5) is 22.0. The first-order valence-electron chi connectivity index (χ1n) is 5.09. The van der Waals surface area contributed by atoms with Crippen LogP contribution in [0.3, 0.4) is 0 Å². The van der Waals surface area contributed by atoms with Gasteiger partial charge in [0.05, 0.1) is 12.0 Å². The third-order valence-electron chi connectivity index (χ3n) is 2.42. The Balaban J connectivity index is 2.22. The van der Waals surface area contributed by atoms with Gasteiger partial charge in [-0.3, -0.25) is 4.79 Å².